The normalized spacial score (nSPS) is 12.5. The number of amides is 1. The number of nitrogens with zero attached hydrogens (tertiary/aromatic N) is 1. The van der Waals surface area contributed by atoms with Crippen LogP contribution in [0.4, 0.5) is 5.69 Å². The van der Waals surface area contributed by atoms with Crippen LogP contribution < -0.4 is 9.62 Å². The fraction of sp³-hybridized carbons (Fsp3) is 0.235. The zero-order valence-electron chi connectivity index (χ0n) is 13.4. The molecular weight excluding hydrogens is 312 g/mol. The van der Waals surface area contributed by atoms with Gasteiger partial charge in [-0.2, -0.15) is 0 Å². The van der Waals surface area contributed by atoms with Crippen LogP contribution in [0.15, 0.2) is 54.6 Å². The summed E-state index contributed by atoms with van der Waals surface area (Å²) in [4.78, 5) is 12.3. The lowest BCUT2D eigenvalue weighted by atomic mass is 10.1. The minimum atomic E-state index is -3.31. The number of hydrogen-bond donors (Lipinski definition) is 1. The highest BCUT2D eigenvalue weighted by Gasteiger charge is 2.14. The van der Waals surface area contributed by atoms with Crippen LogP contribution in [0.2, 0.25) is 0 Å². The molecule has 2 aromatic rings. The first-order valence-corrected chi connectivity index (χ1v) is 9.03. The van der Waals surface area contributed by atoms with E-state index in [1.807, 2.05) is 37.3 Å². The van der Waals surface area contributed by atoms with Crippen LogP contribution in [0, 0.1) is 0 Å². The largest absolute Gasteiger partial charge is 0.346 e. The second-order valence-corrected chi connectivity index (χ2v) is 7.40. The van der Waals surface area contributed by atoms with Gasteiger partial charge in [0.25, 0.3) is 5.91 Å². The second-order valence-electron chi connectivity index (χ2n) is 5.38. The van der Waals surface area contributed by atoms with Crippen molar-refractivity contribution in [2.45, 2.75) is 13.0 Å². The number of anilines is 1. The molecule has 1 N–H and O–H groups in total. The Hall–Kier alpha value is -2.34. The van der Waals surface area contributed by atoms with Crippen LogP contribution in [-0.2, 0) is 10.0 Å². The zero-order valence-corrected chi connectivity index (χ0v) is 14.2. The van der Waals surface area contributed by atoms with Crippen molar-refractivity contribution in [2.24, 2.45) is 0 Å². The molecule has 0 heterocycles. The third-order valence-electron chi connectivity index (χ3n) is 3.64. The Morgan fingerprint density at radius 2 is 1.61 bits per heavy atom. The Balaban J connectivity index is 2.09. The Morgan fingerprint density at radius 3 is 2.13 bits per heavy atom. The van der Waals surface area contributed by atoms with Gasteiger partial charge in [-0.05, 0) is 36.8 Å². The molecule has 0 saturated heterocycles. The van der Waals surface area contributed by atoms with Crippen molar-refractivity contribution in [2.75, 3.05) is 17.6 Å². The van der Waals surface area contributed by atoms with Gasteiger partial charge in [-0.3, -0.25) is 9.10 Å². The monoisotopic (exact) mass is 332 g/mol. The topological polar surface area (TPSA) is 66.5 Å². The van der Waals surface area contributed by atoms with Crippen LogP contribution in [-0.4, -0.2) is 27.6 Å². The molecule has 1 amide bonds. The molecule has 122 valence electrons. The van der Waals surface area contributed by atoms with E-state index in [1.165, 1.54) is 11.4 Å². The highest BCUT2D eigenvalue weighted by atomic mass is 32.2. The quantitative estimate of drug-likeness (QED) is 0.915. The maximum Gasteiger partial charge on any atom is 0.251 e. The van der Waals surface area contributed by atoms with Gasteiger partial charge in [0.1, 0.15) is 0 Å². The summed E-state index contributed by atoms with van der Waals surface area (Å²) in [7, 11) is -1.84. The van der Waals surface area contributed by atoms with Crippen LogP contribution in [0.5, 0.6) is 0 Å². The molecule has 0 aliphatic carbocycles. The zero-order chi connectivity index (χ0) is 17.0. The molecule has 0 aliphatic heterocycles. The highest BCUT2D eigenvalue weighted by molar-refractivity contribution is 7.92. The van der Waals surface area contributed by atoms with E-state index in [0.717, 1.165) is 11.8 Å². The van der Waals surface area contributed by atoms with Gasteiger partial charge in [0.15, 0.2) is 0 Å². The summed E-state index contributed by atoms with van der Waals surface area (Å²) in [6, 6.07) is 16.0. The first-order chi connectivity index (χ1) is 10.8. The number of carbonyl (C=O) groups is 1. The average Bonchev–Trinajstić information content (AvgIpc) is 2.54. The van der Waals surface area contributed by atoms with Crippen molar-refractivity contribution in [3.8, 4) is 0 Å². The molecule has 1 atom stereocenters. The summed E-state index contributed by atoms with van der Waals surface area (Å²) in [5.41, 5.74) is 2.02. The number of rotatable bonds is 5. The van der Waals surface area contributed by atoms with E-state index in [1.54, 1.807) is 24.3 Å². The van der Waals surface area contributed by atoms with Gasteiger partial charge in [-0.25, -0.2) is 8.42 Å². The van der Waals surface area contributed by atoms with E-state index < -0.39 is 10.0 Å². The van der Waals surface area contributed by atoms with Crippen LogP contribution in [0.3, 0.4) is 0 Å². The lowest BCUT2D eigenvalue weighted by Crippen LogP contribution is -2.27. The summed E-state index contributed by atoms with van der Waals surface area (Å²) < 4.78 is 24.2. The van der Waals surface area contributed by atoms with E-state index in [-0.39, 0.29) is 11.9 Å². The molecule has 0 bridgehead atoms. The molecule has 1 unspecified atom stereocenters. The second kappa shape index (κ2) is 6.83. The highest BCUT2D eigenvalue weighted by Crippen LogP contribution is 2.17. The van der Waals surface area contributed by atoms with E-state index in [2.05, 4.69) is 5.32 Å². The summed E-state index contributed by atoms with van der Waals surface area (Å²) in [6.07, 6.45) is 1.13. The SMILES string of the molecule is CC(NC(=O)c1ccc(N(C)S(C)(=O)=O)cc1)c1ccccc1. The molecule has 0 aliphatic rings. The number of benzene rings is 2. The van der Waals surface area contributed by atoms with Crippen LogP contribution in [0.1, 0.15) is 28.9 Å². The van der Waals surface area contributed by atoms with Gasteiger partial charge in [0, 0.05) is 12.6 Å². The smallest absolute Gasteiger partial charge is 0.251 e. The lowest BCUT2D eigenvalue weighted by molar-refractivity contribution is 0.0940. The number of sulfonamides is 1. The van der Waals surface area contributed by atoms with Gasteiger partial charge in [0.05, 0.1) is 18.0 Å². The van der Waals surface area contributed by atoms with Gasteiger partial charge < -0.3 is 5.32 Å². The number of nitrogens with one attached hydrogen (secondary N) is 1. The molecule has 0 radical (unpaired) electrons. The Labute approximate surface area is 137 Å². The molecule has 5 nitrogen and oxygen atoms in total. The Morgan fingerprint density at radius 1 is 1.04 bits per heavy atom. The molecule has 6 heteroatoms. The van der Waals surface area contributed by atoms with Gasteiger partial charge >= 0.3 is 0 Å². The maximum atomic E-state index is 12.3. The van der Waals surface area contributed by atoms with E-state index in [0.29, 0.717) is 11.3 Å². The van der Waals surface area contributed by atoms with Crippen molar-refractivity contribution in [1.82, 2.24) is 5.32 Å². The summed E-state index contributed by atoms with van der Waals surface area (Å²) in [6.45, 7) is 1.92. The van der Waals surface area contributed by atoms with E-state index >= 15 is 0 Å². The van der Waals surface area contributed by atoms with Crippen LogP contribution >= 0.6 is 0 Å². The maximum absolute atomic E-state index is 12.3. The van der Waals surface area contributed by atoms with Crippen molar-refractivity contribution < 1.29 is 13.2 Å². The molecule has 0 saturated carbocycles. The van der Waals surface area contributed by atoms with Crippen molar-refractivity contribution in [1.29, 1.82) is 0 Å². The third kappa shape index (κ3) is 4.32. The van der Waals surface area contributed by atoms with E-state index in [9.17, 15) is 13.2 Å². The third-order valence-corrected chi connectivity index (χ3v) is 4.84. The fourth-order valence-corrected chi connectivity index (χ4v) is 2.62. The molecule has 0 aromatic heterocycles. The van der Waals surface area contributed by atoms with Gasteiger partial charge in [0.2, 0.25) is 10.0 Å². The van der Waals surface area contributed by atoms with Gasteiger partial charge in [-0.15, -0.1) is 0 Å². The Kier molecular flexibility index (Phi) is 5.05. The molecule has 23 heavy (non-hydrogen) atoms. The van der Waals surface area contributed by atoms with Gasteiger partial charge in [-0.1, -0.05) is 30.3 Å². The minimum Gasteiger partial charge on any atom is -0.346 e. The minimum absolute atomic E-state index is 0.109. The Bertz CT molecular complexity index is 771. The van der Waals surface area contributed by atoms with E-state index in [4.69, 9.17) is 0 Å². The molecule has 2 rings (SSSR count). The van der Waals surface area contributed by atoms with Crippen molar-refractivity contribution >= 4 is 21.6 Å². The molecule has 0 fully saturated rings. The lowest BCUT2D eigenvalue weighted by Gasteiger charge is -2.17. The summed E-state index contributed by atoms with van der Waals surface area (Å²) in [5, 5.41) is 2.92. The predicted molar refractivity (Wildman–Crippen MR) is 92.0 cm³/mol. The average molecular weight is 332 g/mol. The number of carbonyl (C=O) groups excluding carboxylic acids is 1. The van der Waals surface area contributed by atoms with Crippen LogP contribution in [0.25, 0.3) is 0 Å². The standard InChI is InChI=1S/C17H20N2O3S/c1-13(14-7-5-4-6-8-14)18-17(20)15-9-11-16(12-10-15)19(2)23(3,21)22/h4-13H,1-3H3,(H,18,20). The fourth-order valence-electron chi connectivity index (χ4n) is 2.12. The first kappa shape index (κ1) is 17.0. The predicted octanol–water partition coefficient (Wildman–Crippen LogP) is 2.57. The number of hydrogen-bond acceptors (Lipinski definition) is 3. The van der Waals surface area contributed by atoms with Crippen molar-refractivity contribution in [3.05, 3.63) is 65.7 Å². The molecule has 2 aromatic carbocycles. The van der Waals surface area contributed by atoms with Crippen molar-refractivity contribution in [3.63, 3.8) is 0 Å². The molecular formula is C17H20N2O3S. The molecule has 0 spiro atoms. The summed E-state index contributed by atoms with van der Waals surface area (Å²) in [5.74, 6) is -0.199. The summed E-state index contributed by atoms with van der Waals surface area (Å²) >= 11 is 0. The first-order valence-electron chi connectivity index (χ1n) is 7.19.